The number of nitro benzene ring substituents is 1. The molecule has 3 rings (SSSR count). The van der Waals surface area contributed by atoms with Gasteiger partial charge in [0.05, 0.1) is 36.4 Å². The monoisotopic (exact) mass is 468 g/mol. The van der Waals surface area contributed by atoms with Gasteiger partial charge in [0, 0.05) is 24.2 Å². The van der Waals surface area contributed by atoms with Gasteiger partial charge in [-0.2, -0.15) is 0 Å². The number of Topliss-reactive ketones (excluding diaryl/α,β-unsaturated/α-hetero) is 1. The van der Waals surface area contributed by atoms with Crippen molar-refractivity contribution in [3.8, 4) is 0 Å². The van der Waals surface area contributed by atoms with Gasteiger partial charge in [0.2, 0.25) is 0 Å². The molecule has 0 aliphatic carbocycles. The van der Waals surface area contributed by atoms with E-state index < -0.39 is 28.4 Å². The van der Waals surface area contributed by atoms with Crippen LogP contribution in [0, 0.1) is 10.1 Å². The van der Waals surface area contributed by atoms with E-state index in [-0.39, 0.29) is 48.6 Å². The van der Waals surface area contributed by atoms with Gasteiger partial charge in [0.1, 0.15) is 5.76 Å². The zero-order chi connectivity index (χ0) is 25.0. The molecule has 2 aromatic carbocycles. The third-order valence-corrected chi connectivity index (χ3v) is 5.70. The Balaban J connectivity index is 2.07. The maximum Gasteiger partial charge on any atom is 0.295 e. The first kappa shape index (κ1) is 25.1. The summed E-state index contributed by atoms with van der Waals surface area (Å²) in [4.78, 5) is 37.6. The summed E-state index contributed by atoms with van der Waals surface area (Å²) in [5.74, 6) is -2.03. The van der Waals surface area contributed by atoms with Crippen molar-refractivity contribution in [2.45, 2.75) is 32.2 Å². The number of likely N-dealkylation sites (tertiary alicyclic amines) is 1. The Morgan fingerprint density at radius 2 is 1.68 bits per heavy atom. The van der Waals surface area contributed by atoms with Crippen molar-refractivity contribution in [3.05, 3.63) is 80.9 Å². The molecule has 180 valence electrons. The number of carbonyl (C=O) groups is 2. The highest BCUT2D eigenvalue weighted by atomic mass is 16.6. The molecule has 1 fully saturated rings. The Bertz CT molecular complexity index is 1100. The average Bonchev–Trinajstić information content (AvgIpc) is 3.06. The molecule has 1 aliphatic heterocycles. The molecule has 34 heavy (non-hydrogen) atoms. The number of aliphatic hydroxyl groups is 2. The van der Waals surface area contributed by atoms with E-state index in [4.69, 9.17) is 9.84 Å². The lowest BCUT2D eigenvalue weighted by Crippen LogP contribution is -2.33. The highest BCUT2D eigenvalue weighted by Crippen LogP contribution is 2.40. The zero-order valence-corrected chi connectivity index (χ0v) is 19.4. The fourth-order valence-corrected chi connectivity index (χ4v) is 3.85. The summed E-state index contributed by atoms with van der Waals surface area (Å²) >= 11 is 0. The summed E-state index contributed by atoms with van der Waals surface area (Å²) in [6, 6.07) is 11.7. The van der Waals surface area contributed by atoms with Crippen LogP contribution in [0.5, 0.6) is 0 Å². The van der Waals surface area contributed by atoms with Crippen molar-refractivity contribution in [1.82, 2.24) is 4.90 Å². The Morgan fingerprint density at radius 1 is 1.06 bits per heavy atom. The molecule has 0 aromatic heterocycles. The third-order valence-electron chi connectivity index (χ3n) is 5.70. The van der Waals surface area contributed by atoms with Crippen molar-refractivity contribution in [3.63, 3.8) is 0 Å². The van der Waals surface area contributed by atoms with E-state index in [1.165, 1.54) is 29.2 Å². The highest BCUT2D eigenvalue weighted by molar-refractivity contribution is 6.46. The summed E-state index contributed by atoms with van der Waals surface area (Å²) in [7, 11) is 0. The number of ketones is 1. The Kier molecular flexibility index (Phi) is 7.48. The van der Waals surface area contributed by atoms with Crippen LogP contribution in [0.15, 0.2) is 54.1 Å². The maximum atomic E-state index is 13.0. The first-order chi connectivity index (χ1) is 16.1. The number of hydrogen-bond acceptors (Lipinski definition) is 7. The van der Waals surface area contributed by atoms with Gasteiger partial charge in [-0.05, 0) is 28.7 Å². The average molecular weight is 469 g/mol. The number of hydrogen-bond donors (Lipinski definition) is 2. The minimum absolute atomic E-state index is 0.0767. The second-order valence-corrected chi connectivity index (χ2v) is 9.00. The van der Waals surface area contributed by atoms with Gasteiger partial charge < -0.3 is 19.8 Å². The first-order valence-corrected chi connectivity index (χ1v) is 10.9. The van der Waals surface area contributed by atoms with Crippen LogP contribution < -0.4 is 0 Å². The lowest BCUT2D eigenvalue weighted by Gasteiger charge is -2.26. The maximum absolute atomic E-state index is 13.0. The normalized spacial score (nSPS) is 17.9. The number of rotatable bonds is 8. The van der Waals surface area contributed by atoms with Crippen molar-refractivity contribution >= 4 is 23.1 Å². The van der Waals surface area contributed by atoms with Crippen LogP contribution in [-0.4, -0.2) is 58.1 Å². The van der Waals surface area contributed by atoms with Gasteiger partial charge in [-0.1, -0.05) is 45.0 Å². The summed E-state index contributed by atoms with van der Waals surface area (Å²) in [6.07, 6.45) is 0. The van der Waals surface area contributed by atoms with Crippen molar-refractivity contribution in [2.24, 2.45) is 0 Å². The van der Waals surface area contributed by atoms with Gasteiger partial charge in [-0.25, -0.2) is 0 Å². The molecule has 2 aromatic rings. The number of ether oxygens (including phenoxy) is 1. The van der Waals surface area contributed by atoms with Crippen LogP contribution >= 0.6 is 0 Å². The summed E-state index contributed by atoms with van der Waals surface area (Å²) in [6.45, 7) is 6.31. The van der Waals surface area contributed by atoms with E-state index in [1.807, 2.05) is 24.3 Å². The lowest BCUT2D eigenvalue weighted by atomic mass is 9.85. The molecule has 1 heterocycles. The molecular formula is C25H28N2O7. The molecule has 1 unspecified atom stereocenters. The van der Waals surface area contributed by atoms with Crippen LogP contribution in [0.4, 0.5) is 5.69 Å². The predicted molar refractivity (Wildman–Crippen MR) is 125 cm³/mol. The molecule has 9 nitrogen and oxygen atoms in total. The fourth-order valence-electron chi connectivity index (χ4n) is 3.85. The van der Waals surface area contributed by atoms with Crippen molar-refractivity contribution < 1.29 is 29.5 Å². The van der Waals surface area contributed by atoms with Crippen molar-refractivity contribution in [2.75, 3.05) is 26.4 Å². The number of benzene rings is 2. The summed E-state index contributed by atoms with van der Waals surface area (Å²) in [5.41, 5.74) is 1.54. The number of non-ortho nitro benzene ring substituents is 1. The van der Waals surface area contributed by atoms with Crippen LogP contribution in [-0.2, 0) is 19.7 Å². The van der Waals surface area contributed by atoms with E-state index in [1.54, 1.807) is 0 Å². The van der Waals surface area contributed by atoms with Crippen molar-refractivity contribution in [1.29, 1.82) is 0 Å². The highest BCUT2D eigenvalue weighted by Gasteiger charge is 2.46. The Hall–Kier alpha value is -3.56. The molecule has 0 radical (unpaired) electrons. The molecule has 9 heteroatoms. The number of amides is 1. The van der Waals surface area contributed by atoms with E-state index in [0.717, 1.165) is 5.56 Å². The molecule has 1 amide bonds. The van der Waals surface area contributed by atoms with Gasteiger partial charge in [0.25, 0.3) is 17.4 Å². The van der Waals surface area contributed by atoms with Gasteiger partial charge in [-0.15, -0.1) is 0 Å². The number of nitrogens with zero attached hydrogens (tertiary/aromatic N) is 2. The molecule has 1 aliphatic rings. The smallest absolute Gasteiger partial charge is 0.295 e. The molecule has 1 atom stereocenters. The molecular weight excluding hydrogens is 440 g/mol. The van der Waals surface area contributed by atoms with Crippen LogP contribution in [0.2, 0.25) is 0 Å². The van der Waals surface area contributed by atoms with E-state index in [2.05, 4.69) is 20.8 Å². The largest absolute Gasteiger partial charge is 0.507 e. The predicted octanol–water partition coefficient (Wildman–Crippen LogP) is 3.32. The minimum Gasteiger partial charge on any atom is -0.507 e. The molecule has 0 bridgehead atoms. The van der Waals surface area contributed by atoms with Crippen LogP contribution in [0.3, 0.4) is 0 Å². The second-order valence-electron chi connectivity index (χ2n) is 9.00. The molecule has 2 N–H and O–H groups in total. The fraction of sp³-hybridized carbons (Fsp3) is 0.360. The van der Waals surface area contributed by atoms with Crippen LogP contribution in [0.25, 0.3) is 5.76 Å². The van der Waals surface area contributed by atoms with E-state index in [0.29, 0.717) is 5.56 Å². The molecule has 0 saturated carbocycles. The second kappa shape index (κ2) is 10.1. The standard InChI is InChI=1S/C25H28N2O7/c1-25(2,3)18-8-4-16(5-9-18)21-20(22(29)17-6-10-19(11-7-17)27(32)33)23(30)24(31)26(21)12-14-34-15-13-28/h4-11,21,28-29H,12-15H2,1-3H3/b22-20-. The van der Waals surface area contributed by atoms with E-state index >= 15 is 0 Å². The number of nitro groups is 1. The third kappa shape index (κ3) is 5.16. The summed E-state index contributed by atoms with van der Waals surface area (Å²) in [5, 5.41) is 30.9. The number of aliphatic hydroxyl groups excluding tert-OH is 2. The summed E-state index contributed by atoms with van der Waals surface area (Å²) < 4.78 is 5.29. The minimum atomic E-state index is -0.859. The SMILES string of the molecule is CC(C)(C)c1ccc(C2/C(=C(/O)c3ccc([N+](=O)[O-])cc3)C(=O)C(=O)N2CCOCCO)cc1. The molecule has 0 spiro atoms. The number of carbonyl (C=O) groups excluding carboxylic acids is 2. The quantitative estimate of drug-likeness (QED) is 0.152. The zero-order valence-electron chi connectivity index (χ0n) is 19.4. The molecule has 1 saturated heterocycles. The van der Waals surface area contributed by atoms with Gasteiger partial charge in [-0.3, -0.25) is 19.7 Å². The first-order valence-electron chi connectivity index (χ1n) is 10.9. The lowest BCUT2D eigenvalue weighted by molar-refractivity contribution is -0.384. The topological polar surface area (TPSA) is 130 Å². The Morgan fingerprint density at radius 3 is 2.21 bits per heavy atom. The van der Waals surface area contributed by atoms with E-state index in [9.17, 15) is 24.8 Å². The van der Waals surface area contributed by atoms with Crippen LogP contribution in [0.1, 0.15) is 43.5 Å². The van der Waals surface area contributed by atoms with Gasteiger partial charge in [0.15, 0.2) is 0 Å². The Labute approximate surface area is 197 Å². The van der Waals surface area contributed by atoms with Gasteiger partial charge >= 0.3 is 0 Å².